The van der Waals surface area contributed by atoms with Crippen molar-refractivity contribution in [2.75, 3.05) is 6.61 Å². The topological polar surface area (TPSA) is 9.23 Å². The second-order valence-corrected chi connectivity index (χ2v) is 8.75. The average Bonchev–Trinajstić information content (AvgIpc) is 2.79. The van der Waals surface area contributed by atoms with Gasteiger partial charge in [-0.05, 0) is 92.5 Å². The number of alkyl halides is 2. The first-order chi connectivity index (χ1) is 15.8. The Labute approximate surface area is 194 Å². The molecule has 3 rings (SSSR count). The molecule has 0 heterocycles. The molecule has 0 aromatic heterocycles. The van der Waals surface area contributed by atoms with Gasteiger partial charge in [0.15, 0.2) is 0 Å². The Balaban J connectivity index is 1.59. The lowest BCUT2D eigenvalue weighted by Crippen LogP contribution is -2.24. The normalized spacial score (nSPS) is 19.2. The molecule has 1 aliphatic rings. The molecule has 1 nitrogen and oxygen atoms in total. The molecule has 5 heteroatoms. The monoisotopic (exact) mass is 460 g/mol. The maximum absolute atomic E-state index is 14.6. The molecule has 1 saturated carbocycles. The molecule has 0 radical (unpaired) electrons. The first-order valence-corrected chi connectivity index (χ1v) is 11.7. The lowest BCUT2D eigenvalue weighted by Gasteiger charge is -2.27. The Morgan fingerprint density at radius 1 is 0.970 bits per heavy atom. The Morgan fingerprint density at radius 3 is 2.09 bits per heavy atom. The van der Waals surface area contributed by atoms with Crippen molar-refractivity contribution < 1.29 is 22.3 Å². The van der Waals surface area contributed by atoms with Crippen LogP contribution in [-0.4, -0.2) is 6.61 Å². The van der Waals surface area contributed by atoms with Gasteiger partial charge in [0, 0.05) is 0 Å². The third-order valence-electron chi connectivity index (χ3n) is 6.46. The van der Waals surface area contributed by atoms with Gasteiger partial charge in [0.05, 0.1) is 6.61 Å². The molecule has 1 aliphatic carbocycles. The van der Waals surface area contributed by atoms with Crippen LogP contribution in [0.25, 0.3) is 0 Å². The van der Waals surface area contributed by atoms with Crippen molar-refractivity contribution in [3.8, 4) is 0 Å². The van der Waals surface area contributed by atoms with Gasteiger partial charge in [-0.15, -0.1) is 6.58 Å². The third-order valence-corrected chi connectivity index (χ3v) is 6.46. The van der Waals surface area contributed by atoms with Crippen LogP contribution in [0.1, 0.15) is 67.2 Å². The van der Waals surface area contributed by atoms with Gasteiger partial charge < -0.3 is 4.74 Å². The highest BCUT2D eigenvalue weighted by atomic mass is 19.3. The van der Waals surface area contributed by atoms with Crippen molar-refractivity contribution in [3.63, 3.8) is 0 Å². The van der Waals surface area contributed by atoms with Crippen LogP contribution < -0.4 is 0 Å². The molecule has 0 atom stereocenters. The molecular weight excluding hydrogens is 428 g/mol. The largest absolute Gasteiger partial charge is 0.389 e. The number of benzene rings is 2. The fraction of sp³-hybridized carbons (Fsp3) is 0.429. The standard InChI is InChI=1S/C28H32F4O/c1-3-5-6-7-21-8-10-22(11-9-21)16-17-33-28(31,32)27-25(29)18-24(19-26(27)30)23-14-12-20(4-2)13-15-23/h3-5,8-11,18-20,23H,2,6-7,12-17H2,1H3/b5-3+/t20-,23-. The van der Waals surface area contributed by atoms with Gasteiger partial charge in [0.1, 0.15) is 17.2 Å². The van der Waals surface area contributed by atoms with Crippen LogP contribution in [0.5, 0.6) is 0 Å². The second kappa shape index (κ2) is 11.6. The minimum absolute atomic E-state index is 0.0326. The fourth-order valence-corrected chi connectivity index (χ4v) is 4.45. The average molecular weight is 461 g/mol. The minimum atomic E-state index is -4.04. The summed E-state index contributed by atoms with van der Waals surface area (Å²) < 4.78 is 63.0. The summed E-state index contributed by atoms with van der Waals surface area (Å²) in [6.45, 7) is 5.41. The number of hydrogen-bond donors (Lipinski definition) is 0. The first kappa shape index (κ1) is 25.2. The van der Waals surface area contributed by atoms with E-state index in [4.69, 9.17) is 0 Å². The zero-order valence-corrected chi connectivity index (χ0v) is 19.1. The SMILES string of the molecule is C=C[C@H]1CC[C@H](c2cc(F)c(C(F)(F)OCCc3ccc(CC/C=C/C)cc3)c(F)c2)CC1. The molecular formula is C28H32F4O. The van der Waals surface area contributed by atoms with Crippen LogP contribution in [0, 0.1) is 17.6 Å². The molecule has 0 spiro atoms. The van der Waals surface area contributed by atoms with E-state index in [9.17, 15) is 17.6 Å². The summed E-state index contributed by atoms with van der Waals surface area (Å²) in [5, 5.41) is 0. The van der Waals surface area contributed by atoms with Crippen molar-refractivity contribution >= 4 is 0 Å². The maximum atomic E-state index is 14.6. The molecule has 0 amide bonds. The van der Waals surface area contributed by atoms with E-state index in [0.717, 1.165) is 61.8 Å². The highest BCUT2D eigenvalue weighted by Gasteiger charge is 2.40. The quantitative estimate of drug-likeness (QED) is 0.256. The van der Waals surface area contributed by atoms with Crippen LogP contribution in [0.4, 0.5) is 17.6 Å². The van der Waals surface area contributed by atoms with E-state index in [1.54, 1.807) is 0 Å². The molecule has 2 aromatic carbocycles. The molecule has 0 unspecified atom stereocenters. The van der Waals surface area contributed by atoms with Crippen LogP contribution in [-0.2, 0) is 23.7 Å². The van der Waals surface area contributed by atoms with Crippen molar-refractivity contribution in [1.29, 1.82) is 0 Å². The molecule has 0 saturated heterocycles. The van der Waals surface area contributed by atoms with Crippen LogP contribution >= 0.6 is 0 Å². The summed E-state index contributed by atoms with van der Waals surface area (Å²) in [5.74, 6) is -2.14. The zero-order chi connectivity index (χ0) is 23.8. The molecule has 0 N–H and O–H groups in total. The summed E-state index contributed by atoms with van der Waals surface area (Å²) in [6.07, 6.45) is 7.30. The van der Waals surface area contributed by atoms with E-state index in [0.29, 0.717) is 11.5 Å². The lowest BCUT2D eigenvalue weighted by molar-refractivity contribution is -0.251. The summed E-state index contributed by atoms with van der Waals surface area (Å²) in [7, 11) is 0. The van der Waals surface area contributed by atoms with Gasteiger partial charge in [-0.25, -0.2) is 8.78 Å². The highest BCUT2D eigenvalue weighted by Crippen LogP contribution is 2.40. The number of allylic oxidation sites excluding steroid dienone is 3. The van der Waals surface area contributed by atoms with E-state index < -0.39 is 23.3 Å². The second-order valence-electron chi connectivity index (χ2n) is 8.75. The van der Waals surface area contributed by atoms with Gasteiger partial charge in [-0.2, -0.15) is 8.78 Å². The van der Waals surface area contributed by atoms with E-state index >= 15 is 0 Å². The van der Waals surface area contributed by atoms with Crippen molar-refractivity contribution in [2.45, 2.75) is 63.9 Å². The van der Waals surface area contributed by atoms with Gasteiger partial charge in [-0.1, -0.05) is 42.5 Å². The van der Waals surface area contributed by atoms with Gasteiger partial charge in [0.2, 0.25) is 0 Å². The molecule has 0 aliphatic heterocycles. The number of halogens is 4. The molecule has 178 valence electrons. The predicted octanol–water partition coefficient (Wildman–Crippen LogP) is 8.24. The Hall–Kier alpha value is -2.40. The Morgan fingerprint density at radius 2 is 1.55 bits per heavy atom. The zero-order valence-electron chi connectivity index (χ0n) is 19.1. The molecule has 33 heavy (non-hydrogen) atoms. The summed E-state index contributed by atoms with van der Waals surface area (Å²) in [5.41, 5.74) is 1.10. The van der Waals surface area contributed by atoms with Crippen molar-refractivity contribution in [2.24, 2.45) is 5.92 Å². The van der Waals surface area contributed by atoms with Gasteiger partial charge >= 0.3 is 6.11 Å². The van der Waals surface area contributed by atoms with E-state index in [2.05, 4.69) is 17.4 Å². The number of aryl methyl sites for hydroxylation is 1. The number of ether oxygens (including phenoxy) is 1. The fourth-order valence-electron chi connectivity index (χ4n) is 4.45. The lowest BCUT2D eigenvalue weighted by atomic mass is 9.78. The first-order valence-electron chi connectivity index (χ1n) is 11.7. The number of hydrogen-bond acceptors (Lipinski definition) is 1. The summed E-state index contributed by atoms with van der Waals surface area (Å²) in [6, 6.07) is 9.73. The third kappa shape index (κ3) is 6.80. The number of rotatable bonds is 10. The summed E-state index contributed by atoms with van der Waals surface area (Å²) in [4.78, 5) is 0. The van der Waals surface area contributed by atoms with E-state index in [-0.39, 0.29) is 18.9 Å². The summed E-state index contributed by atoms with van der Waals surface area (Å²) >= 11 is 0. The van der Waals surface area contributed by atoms with Crippen LogP contribution in [0.2, 0.25) is 0 Å². The Kier molecular flexibility index (Phi) is 8.90. The smallest absolute Gasteiger partial charge is 0.316 e. The van der Waals surface area contributed by atoms with Crippen LogP contribution in [0.15, 0.2) is 61.2 Å². The van der Waals surface area contributed by atoms with Gasteiger partial charge in [0.25, 0.3) is 0 Å². The van der Waals surface area contributed by atoms with Crippen molar-refractivity contribution in [1.82, 2.24) is 0 Å². The highest BCUT2D eigenvalue weighted by molar-refractivity contribution is 5.31. The van der Waals surface area contributed by atoms with Crippen molar-refractivity contribution in [3.05, 3.63) is 95.1 Å². The van der Waals surface area contributed by atoms with E-state index in [1.807, 2.05) is 43.3 Å². The Bertz CT molecular complexity index is 918. The van der Waals surface area contributed by atoms with Gasteiger partial charge in [-0.3, -0.25) is 0 Å². The molecule has 1 fully saturated rings. The predicted molar refractivity (Wildman–Crippen MR) is 124 cm³/mol. The molecule has 2 aromatic rings. The minimum Gasteiger partial charge on any atom is -0.316 e. The van der Waals surface area contributed by atoms with Crippen LogP contribution in [0.3, 0.4) is 0 Å². The maximum Gasteiger partial charge on any atom is 0.389 e. The van der Waals surface area contributed by atoms with E-state index in [1.165, 1.54) is 0 Å². The molecule has 0 bridgehead atoms.